The molecule has 0 aliphatic rings. The van der Waals surface area contributed by atoms with E-state index in [-0.39, 0.29) is 11.8 Å². The quantitative estimate of drug-likeness (QED) is 0.675. The second-order valence-electron chi connectivity index (χ2n) is 3.77. The van der Waals surface area contributed by atoms with Gasteiger partial charge in [0, 0.05) is 12.5 Å². The molecule has 1 atom stereocenters. The van der Waals surface area contributed by atoms with Crippen LogP contribution < -0.4 is 5.32 Å². The molecule has 2 nitrogen and oxygen atoms in total. The van der Waals surface area contributed by atoms with E-state index in [1.54, 1.807) is 0 Å². The standard InChI is InChI=1S/C10H21NO/c1-5-11-10(12)9(4)7-6-8(2)3/h8-9H,5-7H2,1-4H3,(H,11,12)/t9-/m1/s1. The van der Waals surface area contributed by atoms with Crippen molar-refractivity contribution in [2.75, 3.05) is 6.54 Å². The second kappa shape index (κ2) is 6.04. The topological polar surface area (TPSA) is 29.1 Å². The molecule has 0 saturated heterocycles. The molecule has 2 heteroatoms. The zero-order chi connectivity index (χ0) is 9.56. The SMILES string of the molecule is CCNC(=O)[C@H](C)CCC(C)C. The van der Waals surface area contributed by atoms with Crippen molar-refractivity contribution in [1.29, 1.82) is 0 Å². The molecule has 0 aliphatic heterocycles. The molecule has 1 amide bonds. The van der Waals surface area contributed by atoms with E-state index in [2.05, 4.69) is 19.2 Å². The summed E-state index contributed by atoms with van der Waals surface area (Å²) >= 11 is 0. The van der Waals surface area contributed by atoms with E-state index >= 15 is 0 Å². The van der Waals surface area contributed by atoms with Crippen LogP contribution in [-0.2, 0) is 4.79 Å². The van der Waals surface area contributed by atoms with Crippen LogP contribution in [0.25, 0.3) is 0 Å². The van der Waals surface area contributed by atoms with Crippen molar-refractivity contribution >= 4 is 5.91 Å². The molecule has 0 rings (SSSR count). The summed E-state index contributed by atoms with van der Waals surface area (Å²) in [6.07, 6.45) is 2.14. The summed E-state index contributed by atoms with van der Waals surface area (Å²) in [5.74, 6) is 1.06. The maximum absolute atomic E-state index is 11.2. The van der Waals surface area contributed by atoms with E-state index in [9.17, 15) is 4.79 Å². The molecule has 0 heterocycles. The number of nitrogens with one attached hydrogen (secondary N) is 1. The number of amides is 1. The summed E-state index contributed by atoms with van der Waals surface area (Å²) in [5, 5.41) is 2.83. The van der Waals surface area contributed by atoms with Gasteiger partial charge in [-0.05, 0) is 19.3 Å². The van der Waals surface area contributed by atoms with Crippen LogP contribution in [0.5, 0.6) is 0 Å². The lowest BCUT2D eigenvalue weighted by Gasteiger charge is -2.11. The van der Waals surface area contributed by atoms with Gasteiger partial charge < -0.3 is 5.32 Å². The lowest BCUT2D eigenvalue weighted by molar-refractivity contribution is -0.124. The van der Waals surface area contributed by atoms with Crippen LogP contribution in [0, 0.1) is 11.8 Å². The molecule has 12 heavy (non-hydrogen) atoms. The van der Waals surface area contributed by atoms with Crippen molar-refractivity contribution in [2.45, 2.75) is 40.5 Å². The number of carbonyl (C=O) groups is 1. The van der Waals surface area contributed by atoms with E-state index in [1.165, 1.54) is 0 Å². The Labute approximate surface area is 75.7 Å². The predicted molar refractivity (Wildman–Crippen MR) is 51.9 cm³/mol. The molecule has 0 aromatic rings. The molecule has 0 aromatic carbocycles. The van der Waals surface area contributed by atoms with Gasteiger partial charge in [0.1, 0.15) is 0 Å². The van der Waals surface area contributed by atoms with E-state index in [4.69, 9.17) is 0 Å². The fraction of sp³-hybridized carbons (Fsp3) is 0.900. The fourth-order valence-corrected chi connectivity index (χ4v) is 1.06. The van der Waals surface area contributed by atoms with E-state index in [0.717, 1.165) is 19.4 Å². The molecule has 0 radical (unpaired) electrons. The normalized spacial score (nSPS) is 13.1. The molecule has 0 saturated carbocycles. The third-order valence-electron chi connectivity index (χ3n) is 1.98. The van der Waals surface area contributed by atoms with Crippen LogP contribution in [-0.4, -0.2) is 12.5 Å². The lowest BCUT2D eigenvalue weighted by Crippen LogP contribution is -2.28. The highest BCUT2D eigenvalue weighted by Gasteiger charge is 2.11. The molecule has 0 spiro atoms. The number of carbonyl (C=O) groups excluding carboxylic acids is 1. The van der Waals surface area contributed by atoms with Crippen molar-refractivity contribution in [3.05, 3.63) is 0 Å². The average molecular weight is 171 g/mol. The first-order valence-corrected chi connectivity index (χ1v) is 4.85. The van der Waals surface area contributed by atoms with Gasteiger partial charge in [0.05, 0.1) is 0 Å². The first-order chi connectivity index (χ1) is 5.57. The van der Waals surface area contributed by atoms with Crippen LogP contribution >= 0.6 is 0 Å². The molecular formula is C10H21NO. The summed E-state index contributed by atoms with van der Waals surface area (Å²) < 4.78 is 0. The highest BCUT2D eigenvalue weighted by molar-refractivity contribution is 5.78. The first kappa shape index (κ1) is 11.5. The van der Waals surface area contributed by atoms with Crippen LogP contribution in [0.4, 0.5) is 0 Å². The van der Waals surface area contributed by atoms with Gasteiger partial charge in [-0.3, -0.25) is 4.79 Å². The summed E-state index contributed by atoms with van der Waals surface area (Å²) in [6, 6.07) is 0. The van der Waals surface area contributed by atoms with Crippen molar-refractivity contribution in [3.63, 3.8) is 0 Å². The monoisotopic (exact) mass is 171 g/mol. The summed E-state index contributed by atoms with van der Waals surface area (Å²) in [6.45, 7) is 9.06. The van der Waals surface area contributed by atoms with Gasteiger partial charge in [0.15, 0.2) is 0 Å². The molecule has 0 aliphatic carbocycles. The zero-order valence-corrected chi connectivity index (χ0v) is 8.68. The third-order valence-corrected chi connectivity index (χ3v) is 1.98. The number of hydrogen-bond acceptors (Lipinski definition) is 1. The Hall–Kier alpha value is -0.530. The average Bonchev–Trinajstić information content (AvgIpc) is 2.00. The Morgan fingerprint density at radius 3 is 2.25 bits per heavy atom. The number of rotatable bonds is 5. The molecule has 0 fully saturated rings. The van der Waals surface area contributed by atoms with Gasteiger partial charge in [0.25, 0.3) is 0 Å². The maximum atomic E-state index is 11.2. The maximum Gasteiger partial charge on any atom is 0.222 e. The van der Waals surface area contributed by atoms with Gasteiger partial charge in [-0.25, -0.2) is 0 Å². The molecule has 1 N–H and O–H groups in total. The number of hydrogen-bond donors (Lipinski definition) is 1. The molecule has 0 aromatic heterocycles. The van der Waals surface area contributed by atoms with Gasteiger partial charge in [-0.2, -0.15) is 0 Å². The summed E-state index contributed by atoms with van der Waals surface area (Å²) in [7, 11) is 0. The summed E-state index contributed by atoms with van der Waals surface area (Å²) in [4.78, 5) is 11.2. The Morgan fingerprint density at radius 2 is 1.83 bits per heavy atom. The van der Waals surface area contributed by atoms with Gasteiger partial charge in [-0.15, -0.1) is 0 Å². The van der Waals surface area contributed by atoms with Crippen LogP contribution in [0.1, 0.15) is 40.5 Å². The van der Waals surface area contributed by atoms with Gasteiger partial charge in [0.2, 0.25) is 5.91 Å². The van der Waals surface area contributed by atoms with Crippen molar-refractivity contribution in [2.24, 2.45) is 11.8 Å². The largest absolute Gasteiger partial charge is 0.356 e. The Balaban J connectivity index is 3.56. The van der Waals surface area contributed by atoms with Crippen LogP contribution in [0.2, 0.25) is 0 Å². The molecule has 0 unspecified atom stereocenters. The molecule has 72 valence electrons. The Morgan fingerprint density at radius 1 is 1.25 bits per heavy atom. The minimum Gasteiger partial charge on any atom is -0.356 e. The Bertz CT molecular complexity index is 132. The zero-order valence-electron chi connectivity index (χ0n) is 8.68. The van der Waals surface area contributed by atoms with Crippen LogP contribution in [0.15, 0.2) is 0 Å². The minimum atomic E-state index is 0.173. The smallest absolute Gasteiger partial charge is 0.222 e. The van der Waals surface area contributed by atoms with Crippen LogP contribution in [0.3, 0.4) is 0 Å². The minimum absolute atomic E-state index is 0.173. The van der Waals surface area contributed by atoms with E-state index in [1.807, 2.05) is 13.8 Å². The highest BCUT2D eigenvalue weighted by Crippen LogP contribution is 2.11. The van der Waals surface area contributed by atoms with Gasteiger partial charge in [-0.1, -0.05) is 27.2 Å². The summed E-state index contributed by atoms with van der Waals surface area (Å²) in [5.41, 5.74) is 0. The third kappa shape index (κ3) is 5.16. The van der Waals surface area contributed by atoms with Crippen molar-refractivity contribution in [1.82, 2.24) is 5.32 Å². The Kier molecular flexibility index (Phi) is 5.77. The highest BCUT2D eigenvalue weighted by atomic mass is 16.1. The first-order valence-electron chi connectivity index (χ1n) is 4.85. The van der Waals surface area contributed by atoms with Crippen molar-refractivity contribution in [3.8, 4) is 0 Å². The second-order valence-corrected chi connectivity index (χ2v) is 3.77. The van der Waals surface area contributed by atoms with Gasteiger partial charge >= 0.3 is 0 Å². The molecular weight excluding hydrogens is 150 g/mol. The van der Waals surface area contributed by atoms with E-state index < -0.39 is 0 Å². The van der Waals surface area contributed by atoms with E-state index in [0.29, 0.717) is 5.92 Å². The predicted octanol–water partition coefficient (Wildman–Crippen LogP) is 2.19. The lowest BCUT2D eigenvalue weighted by atomic mass is 9.99. The fourth-order valence-electron chi connectivity index (χ4n) is 1.06. The molecule has 0 bridgehead atoms. The van der Waals surface area contributed by atoms with Crippen molar-refractivity contribution < 1.29 is 4.79 Å².